The summed E-state index contributed by atoms with van der Waals surface area (Å²) in [5.74, 6) is 0.100. The molecule has 0 aliphatic heterocycles. The van der Waals surface area contributed by atoms with Gasteiger partial charge in [0.2, 0.25) is 5.91 Å². The minimum absolute atomic E-state index is 0. The van der Waals surface area contributed by atoms with E-state index >= 15 is 0 Å². The van der Waals surface area contributed by atoms with E-state index in [1.807, 2.05) is 12.3 Å². The molecule has 22 heavy (non-hydrogen) atoms. The van der Waals surface area contributed by atoms with E-state index in [-0.39, 0.29) is 30.7 Å². The summed E-state index contributed by atoms with van der Waals surface area (Å²) in [5.41, 5.74) is 0. The summed E-state index contributed by atoms with van der Waals surface area (Å²) in [4.78, 5) is 11.7. The highest BCUT2D eigenvalue weighted by molar-refractivity contribution is 5.85. The average molecular weight is 351 g/mol. The van der Waals surface area contributed by atoms with Gasteiger partial charge in [-0.05, 0) is 18.9 Å². The summed E-state index contributed by atoms with van der Waals surface area (Å²) >= 11 is 0. The van der Waals surface area contributed by atoms with Crippen LogP contribution < -0.4 is 10.6 Å². The number of amides is 1. The molecule has 2 N–H and O–H groups in total. The van der Waals surface area contributed by atoms with Crippen LogP contribution in [0.5, 0.6) is 0 Å². The number of nitrogens with zero attached hydrogens (tertiary/aromatic N) is 2. The van der Waals surface area contributed by atoms with Crippen LogP contribution in [-0.4, -0.2) is 34.8 Å². The third-order valence-electron chi connectivity index (χ3n) is 3.86. The Hall–Kier alpha value is -0.780. The van der Waals surface area contributed by atoms with Crippen molar-refractivity contribution in [3.8, 4) is 0 Å². The van der Waals surface area contributed by atoms with Gasteiger partial charge in [0.25, 0.3) is 0 Å². The standard InChI is InChI=1S/C15H26N4O.2ClH/c20-15(8-13-19-12-5-9-18-19)17-11-10-16-14-6-3-1-2-4-7-14;;/h5,9,12,14,16H,1-4,6-8,10-11,13H2,(H,17,20);2*1H. The van der Waals surface area contributed by atoms with Gasteiger partial charge in [-0.25, -0.2) is 0 Å². The summed E-state index contributed by atoms with van der Waals surface area (Å²) < 4.78 is 1.78. The summed E-state index contributed by atoms with van der Waals surface area (Å²) in [6.45, 7) is 2.24. The lowest BCUT2D eigenvalue weighted by atomic mass is 10.1. The lowest BCUT2D eigenvalue weighted by Gasteiger charge is -2.16. The molecule has 0 bridgehead atoms. The number of hydrogen-bond donors (Lipinski definition) is 2. The normalized spacial score (nSPS) is 15.3. The van der Waals surface area contributed by atoms with E-state index in [1.165, 1.54) is 38.5 Å². The van der Waals surface area contributed by atoms with E-state index in [0.717, 1.165) is 6.54 Å². The first-order valence-electron chi connectivity index (χ1n) is 7.82. The van der Waals surface area contributed by atoms with Gasteiger partial charge in [0.15, 0.2) is 0 Å². The van der Waals surface area contributed by atoms with Gasteiger partial charge in [-0.2, -0.15) is 5.10 Å². The van der Waals surface area contributed by atoms with Crippen LogP contribution in [0.4, 0.5) is 0 Å². The number of hydrogen-bond acceptors (Lipinski definition) is 3. The highest BCUT2D eigenvalue weighted by Crippen LogP contribution is 2.16. The Morgan fingerprint density at radius 2 is 1.86 bits per heavy atom. The first-order chi connectivity index (χ1) is 9.84. The second-order valence-corrected chi connectivity index (χ2v) is 5.51. The molecule has 1 aliphatic carbocycles. The lowest BCUT2D eigenvalue weighted by Crippen LogP contribution is -2.37. The summed E-state index contributed by atoms with van der Waals surface area (Å²) in [5, 5.41) is 10.6. The lowest BCUT2D eigenvalue weighted by molar-refractivity contribution is -0.121. The molecule has 0 atom stereocenters. The van der Waals surface area contributed by atoms with Crippen LogP contribution >= 0.6 is 24.8 Å². The van der Waals surface area contributed by atoms with E-state index < -0.39 is 0 Å². The van der Waals surface area contributed by atoms with Gasteiger partial charge < -0.3 is 10.6 Å². The fraction of sp³-hybridized carbons (Fsp3) is 0.733. The van der Waals surface area contributed by atoms with Crippen molar-refractivity contribution in [3.63, 3.8) is 0 Å². The molecule has 1 saturated carbocycles. The van der Waals surface area contributed by atoms with Crippen LogP contribution in [0.2, 0.25) is 0 Å². The molecule has 2 rings (SSSR count). The molecule has 0 radical (unpaired) electrons. The largest absolute Gasteiger partial charge is 0.355 e. The van der Waals surface area contributed by atoms with E-state index in [0.29, 0.717) is 25.6 Å². The second kappa shape index (κ2) is 12.7. The third kappa shape index (κ3) is 8.61. The van der Waals surface area contributed by atoms with Crippen molar-refractivity contribution in [2.75, 3.05) is 13.1 Å². The third-order valence-corrected chi connectivity index (χ3v) is 3.86. The molecule has 1 amide bonds. The Kier molecular flexibility index (Phi) is 12.3. The van der Waals surface area contributed by atoms with Crippen molar-refractivity contribution in [2.24, 2.45) is 0 Å². The highest BCUT2D eigenvalue weighted by atomic mass is 35.5. The van der Waals surface area contributed by atoms with Crippen molar-refractivity contribution in [2.45, 2.75) is 57.5 Å². The van der Waals surface area contributed by atoms with Crippen molar-refractivity contribution in [3.05, 3.63) is 18.5 Å². The van der Waals surface area contributed by atoms with Crippen molar-refractivity contribution >= 4 is 30.7 Å². The van der Waals surface area contributed by atoms with Gasteiger partial charge in [-0.3, -0.25) is 9.48 Å². The first kappa shape index (κ1) is 21.2. The Labute approximate surface area is 145 Å². The molecule has 1 aromatic rings. The number of carbonyl (C=O) groups excluding carboxylic acids is 1. The van der Waals surface area contributed by atoms with Crippen molar-refractivity contribution < 1.29 is 4.79 Å². The predicted molar refractivity (Wildman–Crippen MR) is 93.8 cm³/mol. The number of aryl methyl sites for hydroxylation is 1. The zero-order valence-corrected chi connectivity index (χ0v) is 14.6. The Bertz CT molecular complexity index is 379. The molecule has 0 unspecified atom stereocenters. The molecule has 1 aliphatic rings. The minimum Gasteiger partial charge on any atom is -0.355 e. The van der Waals surface area contributed by atoms with Gasteiger partial charge >= 0.3 is 0 Å². The number of aromatic nitrogens is 2. The van der Waals surface area contributed by atoms with Crippen LogP contribution in [0.3, 0.4) is 0 Å². The summed E-state index contributed by atoms with van der Waals surface area (Å²) in [6, 6.07) is 2.52. The number of carbonyl (C=O) groups is 1. The van der Waals surface area contributed by atoms with Crippen LogP contribution in [0.25, 0.3) is 0 Å². The molecule has 0 spiro atoms. The maximum absolute atomic E-state index is 11.7. The van der Waals surface area contributed by atoms with Gasteiger partial charge in [0.05, 0.1) is 0 Å². The van der Waals surface area contributed by atoms with E-state index in [1.54, 1.807) is 10.9 Å². The average Bonchev–Trinajstić information content (AvgIpc) is 2.84. The predicted octanol–water partition coefficient (Wildman–Crippen LogP) is 2.55. The zero-order chi connectivity index (χ0) is 14.0. The molecule has 0 aromatic carbocycles. The molecule has 7 heteroatoms. The van der Waals surface area contributed by atoms with Gasteiger partial charge in [-0.1, -0.05) is 25.7 Å². The van der Waals surface area contributed by atoms with E-state index in [4.69, 9.17) is 0 Å². The van der Waals surface area contributed by atoms with E-state index in [9.17, 15) is 4.79 Å². The van der Waals surface area contributed by atoms with Crippen LogP contribution in [0, 0.1) is 0 Å². The molecule has 128 valence electrons. The van der Waals surface area contributed by atoms with Crippen LogP contribution in [0.15, 0.2) is 18.5 Å². The molecule has 5 nitrogen and oxygen atoms in total. The van der Waals surface area contributed by atoms with Gasteiger partial charge in [-0.15, -0.1) is 24.8 Å². The maximum Gasteiger partial charge on any atom is 0.221 e. The fourth-order valence-corrected chi connectivity index (χ4v) is 2.70. The van der Waals surface area contributed by atoms with Crippen molar-refractivity contribution in [1.82, 2.24) is 20.4 Å². The minimum atomic E-state index is 0. The number of rotatable bonds is 7. The van der Waals surface area contributed by atoms with Crippen LogP contribution in [-0.2, 0) is 11.3 Å². The molecule has 1 aromatic heterocycles. The monoisotopic (exact) mass is 350 g/mol. The number of nitrogens with one attached hydrogen (secondary N) is 2. The molecule has 0 saturated heterocycles. The molecule has 1 heterocycles. The molecular weight excluding hydrogens is 323 g/mol. The van der Waals surface area contributed by atoms with Crippen molar-refractivity contribution in [1.29, 1.82) is 0 Å². The quantitative estimate of drug-likeness (QED) is 0.586. The molecule has 1 fully saturated rings. The number of halogens is 2. The van der Waals surface area contributed by atoms with E-state index in [2.05, 4.69) is 15.7 Å². The molecular formula is C15H28Cl2N4O. The fourth-order valence-electron chi connectivity index (χ4n) is 2.70. The SMILES string of the molecule is Cl.Cl.O=C(CCn1cccn1)NCCNC1CCCCCC1. The summed E-state index contributed by atoms with van der Waals surface area (Å²) in [7, 11) is 0. The first-order valence-corrected chi connectivity index (χ1v) is 7.82. The maximum atomic E-state index is 11.7. The smallest absolute Gasteiger partial charge is 0.221 e. The van der Waals surface area contributed by atoms with Gasteiger partial charge in [0, 0.05) is 44.5 Å². The zero-order valence-electron chi connectivity index (χ0n) is 13.0. The van der Waals surface area contributed by atoms with Gasteiger partial charge in [0.1, 0.15) is 0 Å². The Morgan fingerprint density at radius 1 is 1.14 bits per heavy atom. The topological polar surface area (TPSA) is 59.0 Å². The van der Waals surface area contributed by atoms with Crippen LogP contribution in [0.1, 0.15) is 44.9 Å². The second-order valence-electron chi connectivity index (χ2n) is 5.51. The Balaban J connectivity index is 0.00000220. The summed E-state index contributed by atoms with van der Waals surface area (Å²) in [6.07, 6.45) is 12.1. The highest BCUT2D eigenvalue weighted by Gasteiger charge is 2.10. The Morgan fingerprint density at radius 3 is 2.50 bits per heavy atom.